The minimum atomic E-state index is -1.07. The minimum absolute atomic E-state index is 0.0239. The molecule has 5 rings (SSSR count). The lowest BCUT2D eigenvalue weighted by Crippen LogP contribution is -2.41. The van der Waals surface area contributed by atoms with Gasteiger partial charge in [-0.15, -0.1) is 0 Å². The van der Waals surface area contributed by atoms with E-state index in [1.807, 2.05) is 35.2 Å². The van der Waals surface area contributed by atoms with Gasteiger partial charge in [-0.3, -0.25) is 4.79 Å². The lowest BCUT2D eigenvalue weighted by atomic mass is 9.87. The van der Waals surface area contributed by atoms with Gasteiger partial charge < -0.3 is 19.3 Å². The third-order valence-electron chi connectivity index (χ3n) is 6.79. The molecular weight excluding hydrogens is 476 g/mol. The van der Waals surface area contributed by atoms with Crippen LogP contribution in [0.3, 0.4) is 0 Å². The molecule has 0 saturated heterocycles. The predicted molar refractivity (Wildman–Crippen MR) is 140 cm³/mol. The molecule has 0 fully saturated rings. The average Bonchev–Trinajstić information content (AvgIpc) is 3.20. The van der Waals surface area contributed by atoms with E-state index in [0.717, 1.165) is 34.1 Å². The Morgan fingerprint density at radius 3 is 2.64 bits per heavy atom. The number of carboxylic acids is 1. The Balaban J connectivity index is 1.49. The van der Waals surface area contributed by atoms with Crippen LogP contribution < -0.4 is 4.74 Å². The first kappa shape index (κ1) is 23.9. The van der Waals surface area contributed by atoms with Gasteiger partial charge >= 0.3 is 5.97 Å². The highest BCUT2D eigenvalue weighted by Crippen LogP contribution is 2.41. The summed E-state index contributed by atoms with van der Waals surface area (Å²) in [5.41, 5.74) is 5.07. The second kappa shape index (κ2) is 10.1. The number of benzene rings is 3. The van der Waals surface area contributed by atoms with Crippen LogP contribution in [-0.2, 0) is 22.6 Å². The van der Waals surface area contributed by atoms with Crippen LogP contribution in [0.1, 0.15) is 34.8 Å². The summed E-state index contributed by atoms with van der Waals surface area (Å²) in [4.78, 5) is 26.8. The number of rotatable bonds is 7. The van der Waals surface area contributed by atoms with Gasteiger partial charge in [0.2, 0.25) is 5.91 Å². The zero-order valence-corrected chi connectivity index (χ0v) is 20.7. The number of para-hydroxylation sites is 1. The number of amides is 1. The van der Waals surface area contributed by atoms with Gasteiger partial charge in [-0.25, -0.2) is 4.79 Å². The summed E-state index contributed by atoms with van der Waals surface area (Å²) in [7, 11) is 0. The second-order valence-corrected chi connectivity index (χ2v) is 9.49. The number of aliphatic carboxylic acids is 1. The molecule has 1 aliphatic heterocycles. The SMILES string of the molecule is Cc1cc2ccccc2n1CCC(=O)N1CCc2ccccc2C1c1cc(Cl)ccc1OCC(=O)O. The summed E-state index contributed by atoms with van der Waals surface area (Å²) in [6.07, 6.45) is 1.08. The molecule has 6 nitrogen and oxygen atoms in total. The molecule has 0 radical (unpaired) electrons. The van der Waals surface area contributed by atoms with Gasteiger partial charge in [0.15, 0.2) is 6.61 Å². The number of hydrogen-bond donors (Lipinski definition) is 1. The van der Waals surface area contributed by atoms with E-state index in [9.17, 15) is 9.59 Å². The summed E-state index contributed by atoms with van der Waals surface area (Å²) >= 11 is 6.38. The molecule has 1 amide bonds. The van der Waals surface area contributed by atoms with E-state index in [0.29, 0.717) is 35.8 Å². The number of halogens is 1. The number of carbonyl (C=O) groups excluding carboxylic acids is 1. The van der Waals surface area contributed by atoms with Gasteiger partial charge in [-0.2, -0.15) is 0 Å². The molecule has 3 aromatic carbocycles. The van der Waals surface area contributed by atoms with Gasteiger partial charge in [0.05, 0.1) is 6.04 Å². The van der Waals surface area contributed by atoms with Crippen molar-refractivity contribution in [1.29, 1.82) is 0 Å². The van der Waals surface area contributed by atoms with E-state index >= 15 is 0 Å². The Kier molecular flexibility index (Phi) is 6.70. The second-order valence-electron chi connectivity index (χ2n) is 9.05. The highest BCUT2D eigenvalue weighted by Gasteiger charge is 2.34. The van der Waals surface area contributed by atoms with E-state index in [1.165, 1.54) is 0 Å². The van der Waals surface area contributed by atoms with E-state index in [2.05, 4.69) is 35.8 Å². The van der Waals surface area contributed by atoms with Crippen molar-refractivity contribution >= 4 is 34.4 Å². The van der Waals surface area contributed by atoms with Crippen molar-refractivity contribution in [2.75, 3.05) is 13.2 Å². The van der Waals surface area contributed by atoms with Gasteiger partial charge in [0.1, 0.15) is 5.75 Å². The molecular formula is C29H27ClN2O4. The van der Waals surface area contributed by atoms with Crippen molar-refractivity contribution in [1.82, 2.24) is 9.47 Å². The fraction of sp³-hybridized carbons (Fsp3) is 0.241. The molecule has 36 heavy (non-hydrogen) atoms. The van der Waals surface area contributed by atoms with Crippen molar-refractivity contribution in [3.8, 4) is 5.75 Å². The molecule has 1 atom stereocenters. The summed E-state index contributed by atoms with van der Waals surface area (Å²) in [6, 6.07) is 23.1. The van der Waals surface area contributed by atoms with Crippen LogP contribution in [0.4, 0.5) is 0 Å². The number of nitrogens with zero attached hydrogens (tertiary/aromatic N) is 2. The first-order valence-electron chi connectivity index (χ1n) is 12.0. The number of aryl methyl sites for hydroxylation is 2. The van der Waals surface area contributed by atoms with Crippen LogP contribution in [0.5, 0.6) is 5.75 Å². The zero-order chi connectivity index (χ0) is 25.2. The number of hydrogen-bond acceptors (Lipinski definition) is 3. The standard InChI is InChI=1S/C29H27ClN2O4/c1-19-16-21-7-3-5-9-25(21)31(19)15-13-27(33)32-14-12-20-6-2-4-8-23(20)29(32)24-17-22(30)10-11-26(24)36-18-28(34)35/h2-11,16-17,29H,12-15,18H2,1H3,(H,34,35). The third kappa shape index (κ3) is 4.69. The molecule has 1 aliphatic rings. The fourth-order valence-corrected chi connectivity index (χ4v) is 5.35. The number of ether oxygens (including phenoxy) is 1. The van der Waals surface area contributed by atoms with Crippen molar-refractivity contribution in [3.63, 3.8) is 0 Å². The summed E-state index contributed by atoms with van der Waals surface area (Å²) in [5.74, 6) is -0.633. The highest BCUT2D eigenvalue weighted by molar-refractivity contribution is 6.30. The lowest BCUT2D eigenvalue weighted by molar-refractivity contribution is -0.139. The summed E-state index contributed by atoms with van der Waals surface area (Å²) in [5, 5.41) is 10.8. The van der Waals surface area contributed by atoms with E-state index in [1.54, 1.807) is 18.2 Å². The van der Waals surface area contributed by atoms with Crippen molar-refractivity contribution < 1.29 is 19.4 Å². The monoisotopic (exact) mass is 502 g/mol. The number of aromatic nitrogens is 1. The molecule has 0 saturated carbocycles. The largest absolute Gasteiger partial charge is 0.482 e. The average molecular weight is 503 g/mol. The molecule has 2 heterocycles. The molecule has 0 bridgehead atoms. The van der Waals surface area contributed by atoms with Crippen molar-refractivity contribution in [2.24, 2.45) is 0 Å². The van der Waals surface area contributed by atoms with Crippen LogP contribution >= 0.6 is 11.6 Å². The lowest BCUT2D eigenvalue weighted by Gasteiger charge is -2.38. The Labute approximate surface area is 214 Å². The maximum atomic E-state index is 13.7. The maximum Gasteiger partial charge on any atom is 0.341 e. The normalized spacial score (nSPS) is 15.1. The fourth-order valence-electron chi connectivity index (χ4n) is 5.17. The Morgan fingerprint density at radius 1 is 1.03 bits per heavy atom. The van der Waals surface area contributed by atoms with Gasteiger partial charge in [0.25, 0.3) is 0 Å². The van der Waals surface area contributed by atoms with Gasteiger partial charge in [-0.05, 0) is 60.2 Å². The Bertz CT molecular complexity index is 1440. The van der Waals surface area contributed by atoms with E-state index in [4.69, 9.17) is 21.4 Å². The van der Waals surface area contributed by atoms with E-state index in [-0.39, 0.29) is 5.91 Å². The molecule has 0 spiro atoms. The molecule has 7 heteroatoms. The number of fused-ring (bicyclic) bond motifs is 2. The third-order valence-corrected chi connectivity index (χ3v) is 7.02. The zero-order valence-electron chi connectivity index (χ0n) is 20.0. The molecule has 1 unspecified atom stereocenters. The molecule has 184 valence electrons. The summed E-state index contributed by atoms with van der Waals surface area (Å²) < 4.78 is 7.81. The smallest absolute Gasteiger partial charge is 0.341 e. The van der Waals surface area contributed by atoms with E-state index < -0.39 is 18.6 Å². The van der Waals surface area contributed by atoms with Crippen LogP contribution in [0.2, 0.25) is 5.02 Å². The molecule has 1 aromatic heterocycles. The number of carboxylic acid groups (broad SMARTS) is 1. The first-order valence-corrected chi connectivity index (χ1v) is 12.4. The van der Waals surface area contributed by atoms with Crippen LogP contribution in [0, 0.1) is 6.92 Å². The highest BCUT2D eigenvalue weighted by atomic mass is 35.5. The van der Waals surface area contributed by atoms with Gasteiger partial charge in [-0.1, -0.05) is 54.1 Å². The molecule has 4 aromatic rings. The first-order chi connectivity index (χ1) is 17.4. The quantitative estimate of drug-likeness (QED) is 0.355. The van der Waals surface area contributed by atoms with Crippen molar-refractivity contribution in [2.45, 2.75) is 32.4 Å². The predicted octanol–water partition coefficient (Wildman–Crippen LogP) is 5.63. The Hall–Kier alpha value is -3.77. The number of carbonyl (C=O) groups is 2. The van der Waals surface area contributed by atoms with Crippen LogP contribution in [-0.4, -0.2) is 39.6 Å². The maximum absolute atomic E-state index is 13.7. The summed E-state index contributed by atoms with van der Waals surface area (Å²) in [6.45, 7) is 2.71. The molecule has 1 N–H and O–H groups in total. The van der Waals surface area contributed by atoms with Gasteiger partial charge in [0, 0.05) is 41.3 Å². The van der Waals surface area contributed by atoms with Crippen LogP contribution in [0.15, 0.2) is 72.8 Å². The van der Waals surface area contributed by atoms with Crippen molar-refractivity contribution in [3.05, 3.63) is 100 Å². The minimum Gasteiger partial charge on any atom is -0.482 e. The van der Waals surface area contributed by atoms with Crippen LogP contribution in [0.25, 0.3) is 10.9 Å². The Morgan fingerprint density at radius 2 is 1.81 bits per heavy atom. The molecule has 0 aliphatic carbocycles. The topological polar surface area (TPSA) is 71.8 Å².